The molecular formula is C25H27N5O4. The fourth-order valence-electron chi connectivity index (χ4n) is 4.40. The zero-order valence-corrected chi connectivity index (χ0v) is 19.2. The highest BCUT2D eigenvalue weighted by Gasteiger charge is 2.29. The van der Waals surface area contributed by atoms with Crippen molar-refractivity contribution < 1.29 is 19.1 Å². The number of amides is 2. The van der Waals surface area contributed by atoms with E-state index in [1.807, 2.05) is 36.4 Å². The van der Waals surface area contributed by atoms with Gasteiger partial charge in [-0.2, -0.15) is 5.10 Å². The lowest BCUT2D eigenvalue weighted by atomic mass is 9.88. The number of anilines is 1. The van der Waals surface area contributed by atoms with E-state index in [1.54, 1.807) is 4.68 Å². The van der Waals surface area contributed by atoms with E-state index >= 15 is 0 Å². The zero-order valence-electron chi connectivity index (χ0n) is 19.2. The second-order valence-electron chi connectivity index (χ2n) is 8.93. The highest BCUT2D eigenvalue weighted by Crippen LogP contribution is 2.40. The van der Waals surface area contributed by atoms with Crippen molar-refractivity contribution in [1.82, 2.24) is 15.1 Å². The number of ether oxygens (including phenoxy) is 2. The van der Waals surface area contributed by atoms with Gasteiger partial charge in [0, 0.05) is 22.9 Å². The molecule has 2 heterocycles. The molecule has 0 unspecified atom stereocenters. The Kier molecular flexibility index (Phi) is 5.70. The van der Waals surface area contributed by atoms with Gasteiger partial charge in [-0.1, -0.05) is 19.9 Å². The first kappa shape index (κ1) is 22.0. The van der Waals surface area contributed by atoms with Crippen LogP contribution in [0.3, 0.4) is 0 Å². The van der Waals surface area contributed by atoms with Gasteiger partial charge in [-0.25, -0.2) is 4.68 Å². The van der Waals surface area contributed by atoms with E-state index in [0.29, 0.717) is 29.5 Å². The first-order valence-electron chi connectivity index (χ1n) is 11.4. The highest BCUT2D eigenvalue weighted by molar-refractivity contribution is 5.96. The molecule has 9 nitrogen and oxygen atoms in total. The van der Waals surface area contributed by atoms with E-state index in [0.717, 1.165) is 41.0 Å². The molecule has 0 spiro atoms. The van der Waals surface area contributed by atoms with E-state index in [4.69, 9.17) is 15.2 Å². The highest BCUT2D eigenvalue weighted by atomic mass is 16.7. The second-order valence-corrected chi connectivity index (χ2v) is 8.93. The summed E-state index contributed by atoms with van der Waals surface area (Å²) in [6.45, 7) is 5.36. The molecule has 1 aliphatic heterocycles. The van der Waals surface area contributed by atoms with Gasteiger partial charge in [0.05, 0.1) is 17.9 Å². The van der Waals surface area contributed by atoms with Gasteiger partial charge >= 0.3 is 0 Å². The number of aromatic nitrogens is 2. The van der Waals surface area contributed by atoms with Crippen molar-refractivity contribution in [1.29, 1.82) is 0 Å². The molecule has 2 aromatic carbocycles. The summed E-state index contributed by atoms with van der Waals surface area (Å²) in [5, 5.41) is 10.7. The first-order valence-corrected chi connectivity index (χ1v) is 11.4. The van der Waals surface area contributed by atoms with Gasteiger partial charge in [0.25, 0.3) is 5.91 Å². The maximum Gasteiger partial charge on any atom is 0.269 e. The van der Waals surface area contributed by atoms with Crippen LogP contribution in [0, 0.1) is 5.92 Å². The molecule has 176 valence electrons. The molecule has 1 aromatic heterocycles. The Balaban J connectivity index is 1.53. The van der Waals surface area contributed by atoms with E-state index < -0.39 is 5.91 Å². The van der Waals surface area contributed by atoms with E-state index in [-0.39, 0.29) is 24.9 Å². The number of rotatable bonds is 7. The molecule has 0 atom stereocenters. The van der Waals surface area contributed by atoms with Crippen molar-refractivity contribution in [2.45, 2.75) is 26.7 Å². The molecule has 0 saturated heterocycles. The average Bonchev–Trinajstić information content (AvgIpc) is 3.43. The van der Waals surface area contributed by atoms with Crippen molar-refractivity contribution in [2.75, 3.05) is 25.2 Å². The standard InChI is InChI=1S/C25H27N5O4/c1-14(2)11-27-12-22(31)28-16-5-3-15-4-7-18-23(25(26)32)29-30(24(18)19(15)9-16)17-6-8-20-21(10-17)34-13-33-20/h3,5-6,8-10,14,27H,4,7,11-13H2,1-2H3,(H2,26,32)(H,28,31). The lowest BCUT2D eigenvalue weighted by Gasteiger charge is -2.20. The van der Waals surface area contributed by atoms with E-state index in [9.17, 15) is 9.59 Å². The van der Waals surface area contributed by atoms with Gasteiger partial charge in [0.1, 0.15) is 0 Å². The maximum absolute atomic E-state index is 12.4. The Morgan fingerprint density at radius 2 is 1.94 bits per heavy atom. The van der Waals surface area contributed by atoms with Gasteiger partial charge in [0.2, 0.25) is 12.7 Å². The number of aryl methyl sites for hydroxylation is 1. The normalized spacial score (nSPS) is 13.5. The minimum absolute atomic E-state index is 0.112. The fourth-order valence-corrected chi connectivity index (χ4v) is 4.40. The number of primary amides is 1. The number of hydrogen-bond donors (Lipinski definition) is 3. The molecule has 1 aliphatic carbocycles. The predicted octanol–water partition coefficient (Wildman–Crippen LogP) is 2.65. The van der Waals surface area contributed by atoms with Crippen LogP contribution in [0.15, 0.2) is 36.4 Å². The number of carbonyl (C=O) groups is 2. The Morgan fingerprint density at radius 1 is 1.12 bits per heavy atom. The quantitative estimate of drug-likeness (QED) is 0.498. The molecule has 0 saturated carbocycles. The van der Waals surface area contributed by atoms with Crippen molar-refractivity contribution in [2.24, 2.45) is 11.7 Å². The molecule has 0 radical (unpaired) electrons. The fraction of sp³-hybridized carbons (Fsp3) is 0.320. The van der Waals surface area contributed by atoms with Crippen molar-refractivity contribution in [3.05, 3.63) is 53.2 Å². The molecule has 5 rings (SSSR count). The van der Waals surface area contributed by atoms with Gasteiger partial charge in [-0.15, -0.1) is 0 Å². The van der Waals surface area contributed by atoms with Crippen LogP contribution >= 0.6 is 0 Å². The smallest absolute Gasteiger partial charge is 0.269 e. The molecule has 0 fully saturated rings. The number of fused-ring (bicyclic) bond motifs is 4. The summed E-state index contributed by atoms with van der Waals surface area (Å²) in [5.41, 5.74) is 11.0. The third kappa shape index (κ3) is 4.10. The summed E-state index contributed by atoms with van der Waals surface area (Å²) in [6.07, 6.45) is 1.40. The van der Waals surface area contributed by atoms with Crippen molar-refractivity contribution in [3.8, 4) is 28.4 Å². The molecule has 4 N–H and O–H groups in total. The van der Waals surface area contributed by atoms with E-state index in [1.165, 1.54) is 0 Å². The third-order valence-electron chi connectivity index (χ3n) is 5.95. The van der Waals surface area contributed by atoms with Crippen LogP contribution in [0.2, 0.25) is 0 Å². The molecule has 2 aliphatic rings. The SMILES string of the molecule is CC(C)CNCC(=O)Nc1ccc2c(c1)-c1c(c(C(N)=O)nn1-c1ccc3c(c1)OCO3)CC2. The van der Waals surface area contributed by atoms with Crippen LogP contribution in [0.25, 0.3) is 16.9 Å². The summed E-state index contributed by atoms with van der Waals surface area (Å²) in [6, 6.07) is 11.4. The molecular weight excluding hydrogens is 434 g/mol. The van der Waals surface area contributed by atoms with Gasteiger partial charge < -0.3 is 25.8 Å². The van der Waals surface area contributed by atoms with Crippen LogP contribution in [0.1, 0.15) is 35.5 Å². The van der Waals surface area contributed by atoms with Crippen molar-refractivity contribution in [3.63, 3.8) is 0 Å². The summed E-state index contributed by atoms with van der Waals surface area (Å²) >= 11 is 0. The third-order valence-corrected chi connectivity index (χ3v) is 5.95. The molecule has 2 amide bonds. The number of carbonyl (C=O) groups excluding carboxylic acids is 2. The van der Waals surface area contributed by atoms with Gasteiger partial charge in [0.15, 0.2) is 17.2 Å². The summed E-state index contributed by atoms with van der Waals surface area (Å²) in [4.78, 5) is 24.6. The van der Waals surface area contributed by atoms with Crippen molar-refractivity contribution >= 4 is 17.5 Å². The lowest BCUT2D eigenvalue weighted by molar-refractivity contribution is -0.115. The Morgan fingerprint density at radius 3 is 2.74 bits per heavy atom. The van der Waals surface area contributed by atoms with Crippen LogP contribution in [-0.4, -0.2) is 41.5 Å². The molecule has 9 heteroatoms. The Labute approximate surface area is 197 Å². The maximum atomic E-state index is 12.4. The number of nitrogens with zero attached hydrogens (tertiary/aromatic N) is 2. The topological polar surface area (TPSA) is 120 Å². The number of benzene rings is 2. The summed E-state index contributed by atoms with van der Waals surface area (Å²) < 4.78 is 12.7. The van der Waals surface area contributed by atoms with Crippen LogP contribution in [0.5, 0.6) is 11.5 Å². The predicted molar refractivity (Wildman–Crippen MR) is 127 cm³/mol. The van der Waals surface area contributed by atoms with Crippen LogP contribution in [0.4, 0.5) is 5.69 Å². The van der Waals surface area contributed by atoms with Crippen LogP contribution < -0.4 is 25.8 Å². The zero-order chi connectivity index (χ0) is 23.8. The lowest BCUT2D eigenvalue weighted by Crippen LogP contribution is -2.30. The Hall–Kier alpha value is -3.85. The number of nitrogens with two attached hydrogens (primary N) is 1. The minimum atomic E-state index is -0.570. The summed E-state index contributed by atoms with van der Waals surface area (Å²) in [5.74, 6) is 1.06. The summed E-state index contributed by atoms with van der Waals surface area (Å²) in [7, 11) is 0. The Bertz CT molecular complexity index is 1280. The average molecular weight is 462 g/mol. The first-order chi connectivity index (χ1) is 16.4. The van der Waals surface area contributed by atoms with Gasteiger partial charge in [-0.3, -0.25) is 9.59 Å². The monoisotopic (exact) mass is 461 g/mol. The second kappa shape index (κ2) is 8.83. The van der Waals surface area contributed by atoms with E-state index in [2.05, 4.69) is 29.6 Å². The van der Waals surface area contributed by atoms with Crippen LogP contribution in [-0.2, 0) is 17.6 Å². The number of hydrogen-bond acceptors (Lipinski definition) is 6. The molecule has 3 aromatic rings. The number of nitrogens with one attached hydrogen (secondary N) is 2. The minimum Gasteiger partial charge on any atom is -0.454 e. The largest absolute Gasteiger partial charge is 0.454 e. The molecule has 34 heavy (non-hydrogen) atoms. The molecule has 0 bridgehead atoms. The van der Waals surface area contributed by atoms with Gasteiger partial charge in [-0.05, 0) is 55.1 Å².